The van der Waals surface area contributed by atoms with Gasteiger partial charge in [0, 0.05) is 5.02 Å². The Morgan fingerprint density at radius 1 is 0.966 bits per heavy atom. The van der Waals surface area contributed by atoms with Crippen LogP contribution >= 0.6 is 23.2 Å². The van der Waals surface area contributed by atoms with Gasteiger partial charge in [0.1, 0.15) is 6.54 Å². The largest absolute Gasteiger partial charge is 0.323 e. The normalized spacial score (nSPS) is 11.1. The molecule has 0 aliphatic rings. The van der Waals surface area contributed by atoms with Gasteiger partial charge in [-0.15, -0.1) is 0 Å². The molecule has 0 radical (unpaired) electrons. The number of hydrogen-bond acceptors (Lipinski definition) is 3. The molecule has 150 valence electrons. The molecule has 5 nitrogen and oxygen atoms in total. The van der Waals surface area contributed by atoms with Crippen LogP contribution in [0.15, 0.2) is 77.7 Å². The highest BCUT2D eigenvalue weighted by Gasteiger charge is 2.27. The molecule has 0 bridgehead atoms. The maximum atomic E-state index is 13.2. The molecule has 3 aromatic carbocycles. The lowest BCUT2D eigenvalue weighted by Gasteiger charge is -2.24. The third kappa shape index (κ3) is 5.09. The van der Waals surface area contributed by atoms with Gasteiger partial charge in [0.05, 0.1) is 21.3 Å². The monoisotopic (exact) mass is 448 g/mol. The Hall–Kier alpha value is -2.54. The average molecular weight is 449 g/mol. The van der Waals surface area contributed by atoms with Crippen molar-refractivity contribution in [3.8, 4) is 0 Å². The zero-order valence-electron chi connectivity index (χ0n) is 15.5. The van der Waals surface area contributed by atoms with Crippen molar-refractivity contribution >= 4 is 50.5 Å². The van der Waals surface area contributed by atoms with Crippen molar-refractivity contribution in [1.29, 1.82) is 0 Å². The third-order valence-electron chi connectivity index (χ3n) is 4.14. The molecule has 0 saturated heterocycles. The molecule has 1 amide bonds. The Bertz CT molecular complexity index is 1120. The van der Waals surface area contributed by atoms with Crippen LogP contribution in [0.2, 0.25) is 10.0 Å². The lowest BCUT2D eigenvalue weighted by Crippen LogP contribution is -2.38. The molecular weight excluding hydrogens is 431 g/mol. The molecule has 29 heavy (non-hydrogen) atoms. The van der Waals surface area contributed by atoms with Gasteiger partial charge in [-0.25, -0.2) is 8.42 Å². The Balaban J connectivity index is 1.94. The number of halogens is 2. The Kier molecular flexibility index (Phi) is 6.47. The number of sulfonamides is 1. The summed E-state index contributed by atoms with van der Waals surface area (Å²) in [6.07, 6.45) is 0. The van der Waals surface area contributed by atoms with E-state index < -0.39 is 22.5 Å². The van der Waals surface area contributed by atoms with Crippen LogP contribution in [0.4, 0.5) is 11.4 Å². The second-order valence-corrected chi connectivity index (χ2v) is 9.04. The maximum Gasteiger partial charge on any atom is 0.264 e. The molecule has 3 rings (SSSR count). The van der Waals surface area contributed by atoms with Crippen molar-refractivity contribution in [1.82, 2.24) is 0 Å². The first-order valence-electron chi connectivity index (χ1n) is 8.67. The smallest absolute Gasteiger partial charge is 0.264 e. The fraction of sp³-hybridized carbons (Fsp3) is 0.0952. The van der Waals surface area contributed by atoms with Gasteiger partial charge in [0.15, 0.2) is 0 Å². The van der Waals surface area contributed by atoms with E-state index in [1.165, 1.54) is 18.2 Å². The Morgan fingerprint density at radius 3 is 2.28 bits per heavy atom. The molecule has 0 unspecified atom stereocenters. The van der Waals surface area contributed by atoms with Gasteiger partial charge < -0.3 is 5.32 Å². The zero-order valence-corrected chi connectivity index (χ0v) is 17.8. The van der Waals surface area contributed by atoms with Crippen molar-refractivity contribution < 1.29 is 13.2 Å². The molecule has 1 N–H and O–H groups in total. The van der Waals surface area contributed by atoms with Gasteiger partial charge in [-0.2, -0.15) is 0 Å². The molecule has 0 aliphatic heterocycles. The number of nitrogens with one attached hydrogen (secondary N) is 1. The topological polar surface area (TPSA) is 66.5 Å². The highest BCUT2D eigenvalue weighted by molar-refractivity contribution is 7.92. The number of amides is 1. The number of anilines is 2. The minimum absolute atomic E-state index is 0.0918. The summed E-state index contributed by atoms with van der Waals surface area (Å²) < 4.78 is 27.5. The summed E-state index contributed by atoms with van der Waals surface area (Å²) in [7, 11) is -3.96. The van der Waals surface area contributed by atoms with Crippen LogP contribution in [-0.2, 0) is 14.8 Å². The molecular formula is C21H18Cl2N2O3S. The van der Waals surface area contributed by atoms with Crippen LogP contribution in [-0.4, -0.2) is 20.9 Å². The first kappa shape index (κ1) is 21.2. The van der Waals surface area contributed by atoms with E-state index in [2.05, 4.69) is 5.32 Å². The summed E-state index contributed by atoms with van der Waals surface area (Å²) >= 11 is 12.0. The van der Waals surface area contributed by atoms with E-state index in [0.29, 0.717) is 21.4 Å². The lowest BCUT2D eigenvalue weighted by molar-refractivity contribution is -0.114. The van der Waals surface area contributed by atoms with E-state index in [1.54, 1.807) is 54.6 Å². The van der Waals surface area contributed by atoms with Crippen LogP contribution in [0.3, 0.4) is 0 Å². The molecule has 0 aliphatic carbocycles. The van der Waals surface area contributed by atoms with E-state index in [0.717, 1.165) is 9.87 Å². The predicted molar refractivity (Wildman–Crippen MR) is 117 cm³/mol. The van der Waals surface area contributed by atoms with E-state index in [1.807, 2.05) is 6.92 Å². The van der Waals surface area contributed by atoms with Gasteiger partial charge in [0.25, 0.3) is 10.0 Å². The van der Waals surface area contributed by atoms with Crippen molar-refractivity contribution in [2.24, 2.45) is 0 Å². The van der Waals surface area contributed by atoms with E-state index in [9.17, 15) is 13.2 Å². The molecule has 0 heterocycles. The Morgan fingerprint density at radius 2 is 1.62 bits per heavy atom. The quantitative estimate of drug-likeness (QED) is 0.567. The first-order valence-corrected chi connectivity index (χ1v) is 10.9. The number of hydrogen-bond donors (Lipinski definition) is 1. The van der Waals surface area contributed by atoms with E-state index >= 15 is 0 Å². The van der Waals surface area contributed by atoms with Crippen molar-refractivity contribution in [3.05, 3.63) is 88.4 Å². The van der Waals surface area contributed by atoms with Crippen LogP contribution < -0.4 is 9.62 Å². The number of aryl methyl sites for hydroxylation is 1. The van der Waals surface area contributed by atoms with Gasteiger partial charge in [-0.05, 0) is 49.4 Å². The fourth-order valence-electron chi connectivity index (χ4n) is 2.66. The van der Waals surface area contributed by atoms with Crippen molar-refractivity contribution in [3.63, 3.8) is 0 Å². The van der Waals surface area contributed by atoms with Crippen LogP contribution in [0.25, 0.3) is 0 Å². The maximum absolute atomic E-state index is 13.2. The summed E-state index contributed by atoms with van der Waals surface area (Å²) in [4.78, 5) is 12.8. The molecule has 0 saturated carbocycles. The molecule has 0 atom stereocenters. The van der Waals surface area contributed by atoms with E-state index in [-0.39, 0.29) is 4.90 Å². The minimum atomic E-state index is -3.96. The van der Waals surface area contributed by atoms with Gasteiger partial charge >= 0.3 is 0 Å². The van der Waals surface area contributed by atoms with Crippen molar-refractivity contribution in [2.45, 2.75) is 11.8 Å². The number of benzene rings is 3. The first-order chi connectivity index (χ1) is 13.8. The zero-order chi connectivity index (χ0) is 21.0. The summed E-state index contributed by atoms with van der Waals surface area (Å²) in [6, 6.07) is 19.5. The van der Waals surface area contributed by atoms with Crippen LogP contribution in [0.1, 0.15) is 5.56 Å². The number of carbonyl (C=O) groups is 1. The lowest BCUT2D eigenvalue weighted by atomic mass is 10.2. The summed E-state index contributed by atoms with van der Waals surface area (Å²) in [5.41, 5.74) is 1.66. The van der Waals surface area contributed by atoms with Crippen LogP contribution in [0, 0.1) is 6.92 Å². The molecule has 3 aromatic rings. The molecule has 0 aromatic heterocycles. The number of carbonyl (C=O) groups excluding carboxylic acids is 1. The Labute approximate surface area is 179 Å². The van der Waals surface area contributed by atoms with Crippen molar-refractivity contribution in [2.75, 3.05) is 16.2 Å². The summed E-state index contributed by atoms with van der Waals surface area (Å²) in [6.45, 7) is 1.47. The van der Waals surface area contributed by atoms with E-state index in [4.69, 9.17) is 23.2 Å². The highest BCUT2D eigenvalue weighted by Crippen LogP contribution is 2.27. The van der Waals surface area contributed by atoms with Crippen LogP contribution in [0.5, 0.6) is 0 Å². The fourth-order valence-corrected chi connectivity index (χ4v) is 4.44. The van der Waals surface area contributed by atoms with Gasteiger partial charge in [0.2, 0.25) is 5.91 Å². The standard InChI is InChI=1S/C21H18Cl2N2O3S/c1-15-7-10-17(11-8-15)25(29(27,28)18-5-3-2-4-6-18)14-21(26)24-20-13-16(22)9-12-19(20)23/h2-13H,14H2,1H3,(H,24,26). The summed E-state index contributed by atoms with van der Waals surface area (Å²) in [5.74, 6) is -0.547. The highest BCUT2D eigenvalue weighted by atomic mass is 35.5. The predicted octanol–water partition coefficient (Wildman–Crippen LogP) is 5.14. The van der Waals surface area contributed by atoms with Gasteiger partial charge in [-0.3, -0.25) is 9.10 Å². The summed E-state index contributed by atoms with van der Waals surface area (Å²) in [5, 5.41) is 3.33. The molecule has 0 spiro atoms. The van der Waals surface area contributed by atoms with Gasteiger partial charge in [-0.1, -0.05) is 59.1 Å². The molecule has 8 heteroatoms. The molecule has 0 fully saturated rings. The number of nitrogens with zero attached hydrogens (tertiary/aromatic N) is 1. The second kappa shape index (κ2) is 8.86. The third-order valence-corrected chi connectivity index (χ3v) is 6.50. The average Bonchev–Trinajstić information content (AvgIpc) is 2.70. The SMILES string of the molecule is Cc1ccc(N(CC(=O)Nc2cc(Cl)ccc2Cl)S(=O)(=O)c2ccccc2)cc1. The minimum Gasteiger partial charge on any atom is -0.323 e. The second-order valence-electron chi connectivity index (χ2n) is 6.33. The number of rotatable bonds is 6.